The van der Waals surface area contributed by atoms with Gasteiger partial charge >= 0.3 is 0 Å². The van der Waals surface area contributed by atoms with Crippen molar-refractivity contribution in [1.29, 1.82) is 0 Å². The van der Waals surface area contributed by atoms with Crippen LogP contribution in [0.3, 0.4) is 0 Å². The van der Waals surface area contributed by atoms with E-state index in [4.69, 9.17) is 9.47 Å². The van der Waals surface area contributed by atoms with E-state index < -0.39 is 0 Å². The molecular formula is C15H20N2O3S. The summed E-state index contributed by atoms with van der Waals surface area (Å²) in [4.78, 5) is 15.1. The summed E-state index contributed by atoms with van der Waals surface area (Å²) in [5.41, 5.74) is 0. The van der Waals surface area contributed by atoms with Gasteiger partial charge < -0.3 is 19.7 Å². The van der Waals surface area contributed by atoms with Crippen LogP contribution in [0.15, 0.2) is 23.1 Å². The lowest BCUT2D eigenvalue weighted by molar-refractivity contribution is -0.131. The molecule has 2 heterocycles. The first kappa shape index (κ1) is 14.5. The van der Waals surface area contributed by atoms with E-state index >= 15 is 0 Å². The van der Waals surface area contributed by atoms with Crippen LogP contribution in [0.2, 0.25) is 0 Å². The molecule has 1 saturated heterocycles. The number of nitrogens with one attached hydrogen (secondary N) is 1. The van der Waals surface area contributed by atoms with Crippen LogP contribution in [0.4, 0.5) is 0 Å². The fraction of sp³-hybridized carbons (Fsp3) is 0.533. The Morgan fingerprint density at radius 1 is 1.19 bits per heavy atom. The number of hydrogen-bond donors (Lipinski definition) is 1. The number of carbonyl (C=O) groups is 1. The molecular weight excluding hydrogens is 288 g/mol. The van der Waals surface area contributed by atoms with E-state index in [1.807, 2.05) is 23.1 Å². The van der Waals surface area contributed by atoms with Crippen LogP contribution in [0.25, 0.3) is 0 Å². The number of ether oxygens (including phenoxy) is 2. The predicted molar refractivity (Wildman–Crippen MR) is 82.2 cm³/mol. The zero-order valence-electron chi connectivity index (χ0n) is 12.0. The van der Waals surface area contributed by atoms with Gasteiger partial charge in [-0.05, 0) is 18.2 Å². The number of fused-ring (bicyclic) bond motifs is 1. The smallest absolute Gasteiger partial charge is 0.223 e. The summed E-state index contributed by atoms with van der Waals surface area (Å²) in [5.74, 6) is 2.66. The van der Waals surface area contributed by atoms with Gasteiger partial charge in [-0.3, -0.25) is 4.79 Å². The highest BCUT2D eigenvalue weighted by molar-refractivity contribution is 7.99. The Bertz CT molecular complexity index is 504. The second-order valence-electron chi connectivity index (χ2n) is 5.03. The molecule has 1 aromatic rings. The maximum atomic E-state index is 12.1. The van der Waals surface area contributed by atoms with E-state index in [1.54, 1.807) is 11.8 Å². The van der Waals surface area contributed by atoms with Crippen molar-refractivity contribution in [2.24, 2.45) is 0 Å². The molecule has 0 spiro atoms. The highest BCUT2D eigenvalue weighted by atomic mass is 32.2. The molecule has 1 fully saturated rings. The molecule has 5 nitrogen and oxygen atoms in total. The van der Waals surface area contributed by atoms with Crippen molar-refractivity contribution < 1.29 is 14.3 Å². The van der Waals surface area contributed by atoms with Gasteiger partial charge in [-0.2, -0.15) is 0 Å². The molecule has 2 aliphatic rings. The lowest BCUT2D eigenvalue weighted by atomic mass is 10.3. The number of amides is 1. The molecule has 0 unspecified atom stereocenters. The quantitative estimate of drug-likeness (QED) is 0.852. The van der Waals surface area contributed by atoms with Gasteiger partial charge in [0.05, 0.1) is 0 Å². The van der Waals surface area contributed by atoms with Crippen LogP contribution in [-0.4, -0.2) is 56.0 Å². The minimum atomic E-state index is 0.251. The number of nitrogens with zero attached hydrogens (tertiary/aromatic N) is 1. The number of carbonyl (C=O) groups excluding carboxylic acids is 1. The van der Waals surface area contributed by atoms with Crippen LogP contribution < -0.4 is 14.8 Å². The minimum absolute atomic E-state index is 0.251. The Balaban J connectivity index is 1.47. The molecule has 0 radical (unpaired) electrons. The van der Waals surface area contributed by atoms with Gasteiger partial charge in [0.25, 0.3) is 0 Å². The molecule has 0 atom stereocenters. The van der Waals surface area contributed by atoms with E-state index in [0.29, 0.717) is 19.6 Å². The van der Waals surface area contributed by atoms with E-state index in [2.05, 4.69) is 5.32 Å². The number of thioether (sulfide) groups is 1. The second-order valence-corrected chi connectivity index (χ2v) is 6.20. The third kappa shape index (κ3) is 3.83. The van der Waals surface area contributed by atoms with Gasteiger partial charge in [-0.15, -0.1) is 11.8 Å². The fourth-order valence-corrected chi connectivity index (χ4v) is 3.31. The predicted octanol–water partition coefficient (Wildman–Crippen LogP) is 1.37. The van der Waals surface area contributed by atoms with Gasteiger partial charge in [0.2, 0.25) is 5.91 Å². The molecule has 0 saturated carbocycles. The summed E-state index contributed by atoms with van der Waals surface area (Å²) in [6, 6.07) is 5.96. The van der Waals surface area contributed by atoms with Crippen LogP contribution >= 0.6 is 11.8 Å². The number of benzene rings is 1. The minimum Gasteiger partial charge on any atom is -0.486 e. The normalized spacial score (nSPS) is 17.6. The first-order chi connectivity index (χ1) is 10.3. The average Bonchev–Trinajstić information content (AvgIpc) is 2.55. The zero-order valence-corrected chi connectivity index (χ0v) is 12.8. The molecule has 2 aliphatic heterocycles. The first-order valence-electron chi connectivity index (χ1n) is 7.34. The number of piperazine rings is 1. The molecule has 1 N–H and O–H groups in total. The molecule has 114 valence electrons. The third-order valence-electron chi connectivity index (χ3n) is 3.57. The molecule has 1 amide bonds. The van der Waals surface area contributed by atoms with Crippen LogP contribution in [0, 0.1) is 0 Å². The molecule has 0 aromatic heterocycles. The summed E-state index contributed by atoms with van der Waals surface area (Å²) >= 11 is 1.69. The standard InChI is InChI=1S/C15H20N2O3S/c18-15(17-6-4-16-5-7-17)3-10-21-12-1-2-13-14(11-12)20-9-8-19-13/h1-2,11,16H,3-10H2. The van der Waals surface area contributed by atoms with Gasteiger partial charge in [0, 0.05) is 43.2 Å². The second kappa shape index (κ2) is 7.04. The van der Waals surface area contributed by atoms with Crippen LogP contribution in [-0.2, 0) is 4.79 Å². The fourth-order valence-electron chi connectivity index (χ4n) is 2.44. The Labute approximate surface area is 129 Å². The first-order valence-corrected chi connectivity index (χ1v) is 8.32. The number of hydrogen-bond acceptors (Lipinski definition) is 5. The van der Waals surface area contributed by atoms with Crippen molar-refractivity contribution in [2.45, 2.75) is 11.3 Å². The summed E-state index contributed by atoms with van der Waals surface area (Å²) in [5, 5.41) is 3.26. The van der Waals surface area contributed by atoms with E-state index in [9.17, 15) is 4.79 Å². The van der Waals surface area contributed by atoms with Crippen molar-refractivity contribution in [1.82, 2.24) is 10.2 Å². The lowest BCUT2D eigenvalue weighted by Crippen LogP contribution is -2.46. The Morgan fingerprint density at radius 3 is 2.76 bits per heavy atom. The summed E-state index contributed by atoms with van der Waals surface area (Å²) < 4.78 is 11.1. The summed E-state index contributed by atoms with van der Waals surface area (Å²) in [6.45, 7) is 4.67. The van der Waals surface area contributed by atoms with Gasteiger partial charge in [-0.25, -0.2) is 0 Å². The lowest BCUT2D eigenvalue weighted by Gasteiger charge is -2.27. The zero-order chi connectivity index (χ0) is 14.5. The van der Waals surface area contributed by atoms with E-state index in [1.165, 1.54) is 0 Å². The van der Waals surface area contributed by atoms with Crippen molar-refractivity contribution in [3.63, 3.8) is 0 Å². The molecule has 0 aliphatic carbocycles. The largest absolute Gasteiger partial charge is 0.486 e. The SMILES string of the molecule is O=C(CCSc1ccc2c(c1)OCCO2)N1CCNCC1. The number of rotatable bonds is 4. The molecule has 21 heavy (non-hydrogen) atoms. The van der Waals surface area contributed by atoms with Gasteiger partial charge in [-0.1, -0.05) is 0 Å². The summed E-state index contributed by atoms with van der Waals surface area (Å²) in [6.07, 6.45) is 0.582. The van der Waals surface area contributed by atoms with Gasteiger partial charge in [0.15, 0.2) is 11.5 Å². The van der Waals surface area contributed by atoms with Gasteiger partial charge in [0.1, 0.15) is 13.2 Å². The van der Waals surface area contributed by atoms with E-state index in [-0.39, 0.29) is 5.91 Å². The van der Waals surface area contributed by atoms with Crippen molar-refractivity contribution in [3.8, 4) is 11.5 Å². The topological polar surface area (TPSA) is 50.8 Å². The molecule has 1 aromatic carbocycles. The molecule has 3 rings (SSSR count). The van der Waals surface area contributed by atoms with Crippen molar-refractivity contribution in [2.75, 3.05) is 45.1 Å². The van der Waals surface area contributed by atoms with Crippen LogP contribution in [0.1, 0.15) is 6.42 Å². The Morgan fingerprint density at radius 2 is 1.95 bits per heavy atom. The average molecular weight is 308 g/mol. The maximum absolute atomic E-state index is 12.1. The highest BCUT2D eigenvalue weighted by Crippen LogP contribution is 2.34. The van der Waals surface area contributed by atoms with Crippen molar-refractivity contribution >= 4 is 17.7 Å². The highest BCUT2D eigenvalue weighted by Gasteiger charge is 2.16. The van der Waals surface area contributed by atoms with Crippen LogP contribution in [0.5, 0.6) is 11.5 Å². The third-order valence-corrected chi connectivity index (χ3v) is 4.56. The Kier molecular flexibility index (Phi) is 4.87. The Hall–Kier alpha value is -1.40. The monoisotopic (exact) mass is 308 g/mol. The maximum Gasteiger partial charge on any atom is 0.223 e. The molecule has 6 heteroatoms. The summed E-state index contributed by atoms with van der Waals surface area (Å²) in [7, 11) is 0. The van der Waals surface area contributed by atoms with E-state index in [0.717, 1.165) is 48.3 Å². The molecule has 0 bridgehead atoms. The van der Waals surface area contributed by atoms with Crippen molar-refractivity contribution in [3.05, 3.63) is 18.2 Å².